The van der Waals surface area contributed by atoms with Crippen molar-refractivity contribution in [2.45, 2.75) is 37.6 Å². The van der Waals surface area contributed by atoms with Crippen molar-refractivity contribution < 1.29 is 4.79 Å². The molecule has 8 heteroatoms. The van der Waals surface area contributed by atoms with Crippen molar-refractivity contribution in [2.75, 3.05) is 28.2 Å². The third-order valence-electron chi connectivity index (χ3n) is 8.10. The molecular formula is C32H37N7O. The van der Waals surface area contributed by atoms with Crippen molar-refractivity contribution in [3.05, 3.63) is 118 Å². The fourth-order valence-corrected chi connectivity index (χ4v) is 5.85. The lowest BCUT2D eigenvalue weighted by molar-refractivity contribution is 0.0827. The number of fused-ring (bicyclic) bond motifs is 2. The standard InChI is InChI=1S/C32H37N7O/c1-20-7-9-22(10-8-20)29(33)19-32(31-34-36-37-35-31)27-15-13-23(21(2)38(3)4)17-24(27)11-12-25-18-26(14-16-28(25)32)30(40)39(5)6/h7-10,13-18,29H,2,11-12,19,33H2,1,3-6H3,(H,34,35,36,37)/t29-,32?/m1/s1. The predicted molar refractivity (Wildman–Crippen MR) is 158 cm³/mol. The van der Waals surface area contributed by atoms with Crippen molar-refractivity contribution in [1.29, 1.82) is 0 Å². The Morgan fingerprint density at radius 2 is 1.55 bits per heavy atom. The summed E-state index contributed by atoms with van der Waals surface area (Å²) < 4.78 is 0. The van der Waals surface area contributed by atoms with Crippen molar-refractivity contribution in [1.82, 2.24) is 30.4 Å². The highest BCUT2D eigenvalue weighted by Crippen LogP contribution is 2.48. The first-order valence-corrected chi connectivity index (χ1v) is 13.5. The average molecular weight is 536 g/mol. The van der Waals surface area contributed by atoms with Crippen molar-refractivity contribution >= 4 is 11.6 Å². The fourth-order valence-electron chi connectivity index (χ4n) is 5.85. The number of aromatic nitrogens is 4. The Balaban J connectivity index is 1.77. The summed E-state index contributed by atoms with van der Waals surface area (Å²) in [6.07, 6.45) is 2.08. The normalized spacial score (nSPS) is 16.9. The van der Waals surface area contributed by atoms with Crippen LogP contribution in [0.1, 0.15) is 67.6 Å². The third-order valence-corrected chi connectivity index (χ3v) is 8.10. The summed E-state index contributed by atoms with van der Waals surface area (Å²) in [7, 11) is 7.54. The quantitative estimate of drug-likeness (QED) is 0.366. The van der Waals surface area contributed by atoms with E-state index < -0.39 is 5.41 Å². The van der Waals surface area contributed by atoms with Gasteiger partial charge in [0.1, 0.15) is 0 Å². The van der Waals surface area contributed by atoms with Crippen molar-refractivity contribution in [3.8, 4) is 0 Å². The summed E-state index contributed by atoms with van der Waals surface area (Å²) in [5.74, 6) is 0.600. The van der Waals surface area contributed by atoms with Gasteiger partial charge in [0, 0.05) is 45.5 Å². The molecule has 4 aromatic rings. The molecule has 40 heavy (non-hydrogen) atoms. The maximum atomic E-state index is 13.0. The van der Waals surface area contributed by atoms with Gasteiger partial charge in [-0.15, -0.1) is 5.10 Å². The molecule has 0 spiro atoms. The largest absolute Gasteiger partial charge is 0.378 e. The van der Waals surface area contributed by atoms with Crippen LogP contribution in [-0.4, -0.2) is 64.5 Å². The number of aryl methyl sites for hydroxylation is 3. The van der Waals surface area contributed by atoms with E-state index >= 15 is 0 Å². The number of aromatic amines is 1. The summed E-state index contributed by atoms with van der Waals surface area (Å²) >= 11 is 0. The molecule has 206 valence electrons. The van der Waals surface area contributed by atoms with Gasteiger partial charge in [-0.25, -0.2) is 5.10 Å². The number of benzene rings is 3. The molecule has 0 saturated heterocycles. The molecule has 0 bridgehead atoms. The van der Waals surface area contributed by atoms with Crippen LogP contribution in [0.2, 0.25) is 0 Å². The van der Waals surface area contributed by atoms with Crippen LogP contribution in [0.3, 0.4) is 0 Å². The molecule has 0 saturated carbocycles. The number of tetrazole rings is 1. The van der Waals surface area contributed by atoms with E-state index in [4.69, 9.17) is 5.73 Å². The highest BCUT2D eigenvalue weighted by Gasteiger charge is 2.45. The molecule has 3 aromatic carbocycles. The summed E-state index contributed by atoms with van der Waals surface area (Å²) in [5.41, 5.74) is 15.5. The average Bonchev–Trinajstić information content (AvgIpc) is 3.45. The number of nitrogens with one attached hydrogen (secondary N) is 1. The van der Waals surface area contributed by atoms with Crippen LogP contribution in [0.4, 0.5) is 0 Å². The van der Waals surface area contributed by atoms with Crippen LogP contribution in [0, 0.1) is 6.92 Å². The van der Waals surface area contributed by atoms with Gasteiger partial charge in [0.05, 0.1) is 5.41 Å². The van der Waals surface area contributed by atoms with Gasteiger partial charge in [0.15, 0.2) is 5.82 Å². The maximum Gasteiger partial charge on any atom is 0.253 e. The first-order chi connectivity index (χ1) is 19.1. The molecule has 1 aromatic heterocycles. The summed E-state index contributed by atoms with van der Waals surface area (Å²) in [5, 5.41) is 15.6. The summed E-state index contributed by atoms with van der Waals surface area (Å²) in [4.78, 5) is 16.6. The van der Waals surface area contributed by atoms with E-state index in [-0.39, 0.29) is 11.9 Å². The number of amides is 1. The van der Waals surface area contributed by atoms with Gasteiger partial charge < -0.3 is 15.5 Å². The van der Waals surface area contributed by atoms with E-state index in [0.29, 0.717) is 17.8 Å². The van der Waals surface area contributed by atoms with E-state index in [9.17, 15) is 4.79 Å². The molecular weight excluding hydrogens is 498 g/mol. The first-order valence-electron chi connectivity index (χ1n) is 13.5. The summed E-state index contributed by atoms with van der Waals surface area (Å²) in [6, 6.07) is 20.6. The number of nitrogens with zero attached hydrogens (tertiary/aromatic N) is 5. The number of rotatable bonds is 7. The molecule has 1 amide bonds. The van der Waals surface area contributed by atoms with Crippen LogP contribution in [0.5, 0.6) is 0 Å². The Morgan fingerprint density at radius 1 is 0.950 bits per heavy atom. The predicted octanol–water partition coefficient (Wildman–Crippen LogP) is 4.27. The number of hydrogen-bond donors (Lipinski definition) is 2. The second kappa shape index (κ2) is 10.7. The Kier molecular flexibility index (Phi) is 7.29. The van der Waals surface area contributed by atoms with Crippen molar-refractivity contribution in [2.24, 2.45) is 5.73 Å². The van der Waals surface area contributed by atoms with E-state index in [1.54, 1.807) is 19.0 Å². The Labute approximate surface area is 235 Å². The minimum absolute atomic E-state index is 0.0302. The maximum absolute atomic E-state index is 13.0. The van der Waals surface area contributed by atoms with E-state index in [2.05, 4.69) is 82.7 Å². The number of H-pyrrole nitrogens is 1. The molecule has 1 aliphatic rings. The van der Waals surface area contributed by atoms with Gasteiger partial charge >= 0.3 is 0 Å². The molecule has 0 aliphatic heterocycles. The monoisotopic (exact) mass is 535 g/mol. The molecule has 0 radical (unpaired) electrons. The highest BCUT2D eigenvalue weighted by molar-refractivity contribution is 5.94. The zero-order valence-corrected chi connectivity index (χ0v) is 23.9. The highest BCUT2D eigenvalue weighted by atomic mass is 16.2. The third kappa shape index (κ3) is 4.79. The van der Waals surface area contributed by atoms with Gasteiger partial charge in [0.25, 0.3) is 5.91 Å². The van der Waals surface area contributed by atoms with E-state index in [1.165, 1.54) is 11.1 Å². The lowest BCUT2D eigenvalue weighted by Crippen LogP contribution is -2.36. The van der Waals surface area contributed by atoms with Crippen LogP contribution in [-0.2, 0) is 18.3 Å². The van der Waals surface area contributed by atoms with Crippen molar-refractivity contribution in [3.63, 3.8) is 0 Å². The molecule has 5 rings (SSSR count). The molecule has 0 fully saturated rings. The topological polar surface area (TPSA) is 104 Å². The lowest BCUT2D eigenvalue weighted by atomic mass is 9.67. The Morgan fingerprint density at radius 3 is 2.10 bits per heavy atom. The van der Waals surface area contributed by atoms with Gasteiger partial charge in [-0.2, -0.15) is 0 Å². The molecule has 1 unspecified atom stereocenters. The Bertz CT molecular complexity index is 1470. The van der Waals surface area contributed by atoms with Crippen LogP contribution in [0.25, 0.3) is 5.70 Å². The van der Waals surface area contributed by atoms with Gasteiger partial charge in [-0.3, -0.25) is 4.79 Å². The minimum Gasteiger partial charge on any atom is -0.378 e. The first kappa shape index (κ1) is 27.3. The SMILES string of the molecule is C=C(c1ccc2c(c1)CCc1cc(C(=O)N(C)C)ccc1C2(C[C@@H](N)c1ccc(C)cc1)c1nnn[nH]1)N(C)C. The number of carbonyl (C=O) groups excluding carboxylic acids is 1. The van der Waals surface area contributed by atoms with E-state index in [0.717, 1.165) is 46.4 Å². The minimum atomic E-state index is -0.771. The second-order valence-electron chi connectivity index (χ2n) is 11.2. The van der Waals surface area contributed by atoms with Crippen LogP contribution < -0.4 is 5.73 Å². The Hall–Kier alpha value is -4.30. The van der Waals surface area contributed by atoms with Gasteiger partial charge in [0.2, 0.25) is 0 Å². The fraction of sp³-hybridized carbons (Fsp3) is 0.312. The number of carbonyl (C=O) groups is 1. The zero-order valence-electron chi connectivity index (χ0n) is 23.9. The molecule has 3 N–H and O–H groups in total. The van der Waals surface area contributed by atoms with Gasteiger partial charge in [-0.1, -0.05) is 54.6 Å². The number of nitrogens with two attached hydrogens (primary N) is 1. The second-order valence-corrected chi connectivity index (χ2v) is 11.2. The number of hydrogen-bond acceptors (Lipinski definition) is 6. The lowest BCUT2D eigenvalue weighted by Gasteiger charge is -2.36. The smallest absolute Gasteiger partial charge is 0.253 e. The zero-order chi connectivity index (χ0) is 28.6. The molecule has 1 aliphatic carbocycles. The van der Waals surface area contributed by atoms with E-state index in [1.807, 2.05) is 31.1 Å². The molecule has 8 nitrogen and oxygen atoms in total. The molecule has 1 heterocycles. The summed E-state index contributed by atoms with van der Waals surface area (Å²) in [6.45, 7) is 6.36. The van der Waals surface area contributed by atoms with Crippen LogP contribution >= 0.6 is 0 Å². The molecule has 2 atom stereocenters. The van der Waals surface area contributed by atoms with Crippen LogP contribution in [0.15, 0.2) is 67.2 Å². The van der Waals surface area contributed by atoms with Gasteiger partial charge in [-0.05, 0) is 88.2 Å².